The van der Waals surface area contributed by atoms with Crippen molar-refractivity contribution in [2.45, 2.75) is 31.3 Å². The molecule has 2 aliphatic rings. The average molecular weight is 256 g/mol. The molecule has 1 aromatic heterocycles. The minimum Gasteiger partial charge on any atom is -0.464 e. The van der Waals surface area contributed by atoms with Gasteiger partial charge in [0.05, 0.1) is 12.3 Å². The number of furan rings is 1. The summed E-state index contributed by atoms with van der Waals surface area (Å²) >= 11 is 0. The van der Waals surface area contributed by atoms with Crippen LogP contribution in [0.15, 0.2) is 34.9 Å². The Morgan fingerprint density at radius 3 is 2.95 bits per heavy atom. The molecule has 19 heavy (non-hydrogen) atoms. The van der Waals surface area contributed by atoms with Crippen LogP contribution >= 0.6 is 0 Å². The maximum absolute atomic E-state index is 6.08. The molecule has 2 heterocycles. The molecule has 3 nitrogen and oxygen atoms in total. The number of para-hydroxylation sites is 1. The summed E-state index contributed by atoms with van der Waals surface area (Å²) in [6.45, 7) is 1.89. The number of rotatable bonds is 3. The molecule has 1 aliphatic heterocycles. The van der Waals surface area contributed by atoms with Crippen LogP contribution in [-0.2, 0) is 0 Å². The smallest absolute Gasteiger partial charge is 0.134 e. The van der Waals surface area contributed by atoms with Crippen LogP contribution in [0, 0.1) is 5.92 Å². The summed E-state index contributed by atoms with van der Waals surface area (Å²) in [6.07, 6.45) is 6.03. The van der Waals surface area contributed by atoms with Gasteiger partial charge in [-0.1, -0.05) is 18.2 Å². The molecule has 3 atom stereocenters. The molecule has 3 heteroatoms. The normalized spacial score (nSPS) is 28.3. The number of hydrogen-bond acceptors (Lipinski definition) is 3. The van der Waals surface area contributed by atoms with Gasteiger partial charge in [0, 0.05) is 30.1 Å². The lowest BCUT2D eigenvalue weighted by Crippen LogP contribution is -2.39. The van der Waals surface area contributed by atoms with Gasteiger partial charge in [-0.2, -0.15) is 0 Å². The van der Waals surface area contributed by atoms with E-state index in [2.05, 4.69) is 17.0 Å². The molecule has 0 radical (unpaired) electrons. The monoisotopic (exact) mass is 256 g/mol. The van der Waals surface area contributed by atoms with Crippen molar-refractivity contribution in [2.75, 3.05) is 13.1 Å². The standard InChI is InChI=1S/C16H20N2O/c17-8-15(18-9-11-5-6-12(18)7-11)14-10-19-16-4-2-1-3-13(14)16/h1-4,10-12,15H,5-9,17H2. The molecular weight excluding hydrogens is 236 g/mol. The first kappa shape index (κ1) is 11.5. The van der Waals surface area contributed by atoms with Crippen LogP contribution in [0.4, 0.5) is 0 Å². The van der Waals surface area contributed by atoms with E-state index in [1.807, 2.05) is 18.4 Å². The Labute approximate surface area is 113 Å². The molecule has 4 rings (SSSR count). The lowest BCUT2D eigenvalue weighted by molar-refractivity contribution is 0.153. The van der Waals surface area contributed by atoms with Crippen LogP contribution in [0.3, 0.4) is 0 Å². The summed E-state index contributed by atoms with van der Waals surface area (Å²) in [6, 6.07) is 9.33. The molecule has 2 aromatic rings. The number of hydrogen-bond donors (Lipinski definition) is 1. The van der Waals surface area contributed by atoms with Gasteiger partial charge in [0.2, 0.25) is 0 Å². The van der Waals surface area contributed by atoms with Crippen molar-refractivity contribution >= 4 is 11.0 Å². The molecule has 1 saturated heterocycles. The third-order valence-electron chi connectivity index (χ3n) is 4.95. The van der Waals surface area contributed by atoms with Crippen LogP contribution in [0.25, 0.3) is 11.0 Å². The molecule has 2 fully saturated rings. The Morgan fingerprint density at radius 1 is 1.32 bits per heavy atom. The van der Waals surface area contributed by atoms with Gasteiger partial charge in [0.1, 0.15) is 5.58 Å². The van der Waals surface area contributed by atoms with E-state index >= 15 is 0 Å². The van der Waals surface area contributed by atoms with Crippen molar-refractivity contribution in [3.63, 3.8) is 0 Å². The Balaban J connectivity index is 1.72. The molecule has 2 N–H and O–H groups in total. The number of likely N-dealkylation sites (tertiary alicyclic amines) is 1. The fourth-order valence-corrected chi connectivity index (χ4v) is 4.04. The Bertz CT molecular complexity index is 591. The van der Waals surface area contributed by atoms with Gasteiger partial charge in [0.25, 0.3) is 0 Å². The number of fused-ring (bicyclic) bond motifs is 3. The SMILES string of the molecule is NCC(c1coc2ccccc12)N1CC2CCC1C2. The highest BCUT2D eigenvalue weighted by Gasteiger charge is 2.41. The lowest BCUT2D eigenvalue weighted by atomic mass is 10.0. The highest BCUT2D eigenvalue weighted by molar-refractivity contribution is 5.81. The van der Waals surface area contributed by atoms with E-state index in [1.165, 1.54) is 36.8 Å². The first-order valence-corrected chi connectivity index (χ1v) is 7.28. The third-order valence-corrected chi connectivity index (χ3v) is 4.95. The first-order chi connectivity index (χ1) is 9.36. The van der Waals surface area contributed by atoms with E-state index < -0.39 is 0 Å². The number of piperidine rings is 1. The van der Waals surface area contributed by atoms with Crippen molar-refractivity contribution in [1.29, 1.82) is 0 Å². The molecule has 1 aromatic carbocycles. The van der Waals surface area contributed by atoms with Gasteiger partial charge in [-0.15, -0.1) is 0 Å². The Kier molecular flexibility index (Phi) is 2.64. The fraction of sp³-hybridized carbons (Fsp3) is 0.500. The molecule has 100 valence electrons. The van der Waals surface area contributed by atoms with Crippen LogP contribution in [0.1, 0.15) is 30.9 Å². The maximum atomic E-state index is 6.08. The van der Waals surface area contributed by atoms with Gasteiger partial charge in [-0.05, 0) is 31.2 Å². The zero-order valence-electron chi connectivity index (χ0n) is 11.1. The van der Waals surface area contributed by atoms with Crippen molar-refractivity contribution < 1.29 is 4.42 Å². The Hall–Kier alpha value is -1.32. The average Bonchev–Trinajstić information content (AvgIpc) is 3.15. The molecule has 1 aliphatic carbocycles. The van der Waals surface area contributed by atoms with Gasteiger partial charge < -0.3 is 10.2 Å². The summed E-state index contributed by atoms with van der Waals surface area (Å²) in [5.41, 5.74) is 8.32. The lowest BCUT2D eigenvalue weighted by Gasteiger charge is -2.34. The van der Waals surface area contributed by atoms with Crippen molar-refractivity contribution in [1.82, 2.24) is 4.90 Å². The molecular formula is C16H20N2O. The zero-order chi connectivity index (χ0) is 12.8. The molecule has 0 amide bonds. The topological polar surface area (TPSA) is 42.4 Å². The first-order valence-electron chi connectivity index (χ1n) is 7.28. The summed E-state index contributed by atoms with van der Waals surface area (Å²) in [7, 11) is 0. The molecule has 2 bridgehead atoms. The van der Waals surface area contributed by atoms with E-state index in [0.717, 1.165) is 17.5 Å². The minimum atomic E-state index is 0.318. The largest absolute Gasteiger partial charge is 0.464 e. The van der Waals surface area contributed by atoms with Crippen molar-refractivity contribution in [3.8, 4) is 0 Å². The van der Waals surface area contributed by atoms with Gasteiger partial charge >= 0.3 is 0 Å². The van der Waals surface area contributed by atoms with E-state index in [1.54, 1.807) is 0 Å². The fourth-order valence-electron chi connectivity index (χ4n) is 4.04. The van der Waals surface area contributed by atoms with E-state index in [0.29, 0.717) is 12.6 Å². The second kappa shape index (κ2) is 4.36. The summed E-state index contributed by atoms with van der Waals surface area (Å²) < 4.78 is 5.69. The predicted molar refractivity (Wildman–Crippen MR) is 75.8 cm³/mol. The second-order valence-corrected chi connectivity index (χ2v) is 5.97. The number of benzene rings is 1. The molecule has 0 spiro atoms. The van der Waals surface area contributed by atoms with E-state index in [-0.39, 0.29) is 0 Å². The summed E-state index contributed by atoms with van der Waals surface area (Å²) in [5, 5.41) is 1.22. The second-order valence-electron chi connectivity index (χ2n) is 5.97. The van der Waals surface area contributed by atoms with Gasteiger partial charge in [0.15, 0.2) is 0 Å². The van der Waals surface area contributed by atoms with Crippen LogP contribution in [0.2, 0.25) is 0 Å². The molecule has 1 saturated carbocycles. The highest BCUT2D eigenvalue weighted by Crippen LogP contribution is 2.43. The van der Waals surface area contributed by atoms with Crippen LogP contribution in [-0.4, -0.2) is 24.0 Å². The summed E-state index contributed by atoms with van der Waals surface area (Å²) in [5.74, 6) is 0.900. The number of nitrogens with two attached hydrogens (primary N) is 1. The zero-order valence-corrected chi connectivity index (χ0v) is 11.1. The maximum Gasteiger partial charge on any atom is 0.134 e. The molecule has 3 unspecified atom stereocenters. The minimum absolute atomic E-state index is 0.318. The predicted octanol–water partition coefficient (Wildman–Crippen LogP) is 2.92. The summed E-state index contributed by atoms with van der Waals surface area (Å²) in [4.78, 5) is 2.62. The van der Waals surface area contributed by atoms with E-state index in [9.17, 15) is 0 Å². The third kappa shape index (κ3) is 1.72. The van der Waals surface area contributed by atoms with Crippen LogP contribution < -0.4 is 5.73 Å². The van der Waals surface area contributed by atoms with Crippen molar-refractivity contribution in [3.05, 3.63) is 36.1 Å². The van der Waals surface area contributed by atoms with Crippen molar-refractivity contribution in [2.24, 2.45) is 11.7 Å². The number of nitrogens with zero attached hydrogens (tertiary/aromatic N) is 1. The highest BCUT2D eigenvalue weighted by atomic mass is 16.3. The van der Waals surface area contributed by atoms with Gasteiger partial charge in [-0.3, -0.25) is 4.90 Å². The van der Waals surface area contributed by atoms with E-state index in [4.69, 9.17) is 10.2 Å². The van der Waals surface area contributed by atoms with Crippen LogP contribution in [0.5, 0.6) is 0 Å². The Morgan fingerprint density at radius 2 is 2.21 bits per heavy atom. The quantitative estimate of drug-likeness (QED) is 0.918. The van der Waals surface area contributed by atoms with Gasteiger partial charge in [-0.25, -0.2) is 0 Å².